The second-order valence-corrected chi connectivity index (χ2v) is 12.5. The van der Waals surface area contributed by atoms with Gasteiger partial charge in [-0.15, -0.1) is 56.7 Å². The Morgan fingerprint density at radius 2 is 0.967 bits per heavy atom. The van der Waals surface area contributed by atoms with Gasteiger partial charge in [-0.2, -0.15) is 0 Å². The minimum atomic E-state index is 0. The van der Waals surface area contributed by atoms with Gasteiger partial charge in [-0.05, 0) is 52.0 Å². The van der Waals surface area contributed by atoms with E-state index in [0.29, 0.717) is 0 Å². The van der Waals surface area contributed by atoms with Gasteiger partial charge in [0.25, 0.3) is 0 Å². The molecule has 0 aliphatic rings. The van der Waals surface area contributed by atoms with E-state index >= 15 is 0 Å². The van der Waals surface area contributed by atoms with Crippen molar-refractivity contribution in [2.75, 3.05) is 0 Å². The molecule has 5 heterocycles. The lowest BCUT2D eigenvalue weighted by atomic mass is 10.4. The van der Waals surface area contributed by atoms with Gasteiger partial charge in [-0.25, -0.2) is 15.0 Å². The summed E-state index contributed by atoms with van der Waals surface area (Å²) in [7, 11) is 0. The average Bonchev–Trinajstić information content (AvgIpc) is 3.46. The van der Waals surface area contributed by atoms with Crippen LogP contribution in [-0.2, 0) is 0 Å². The van der Waals surface area contributed by atoms with Crippen molar-refractivity contribution in [2.45, 2.75) is 35.1 Å². The van der Waals surface area contributed by atoms with Gasteiger partial charge in [0.05, 0.1) is 9.75 Å². The molecule has 0 bridgehead atoms. The van der Waals surface area contributed by atoms with Crippen LogP contribution in [0.5, 0.6) is 0 Å². The van der Waals surface area contributed by atoms with Crippen LogP contribution in [0.4, 0.5) is 0 Å². The summed E-state index contributed by atoms with van der Waals surface area (Å²) in [5.41, 5.74) is 0. The van der Waals surface area contributed by atoms with Crippen molar-refractivity contribution in [3.05, 3.63) is 62.4 Å². The average molecular weight is 490 g/mol. The van der Waals surface area contributed by atoms with E-state index in [-0.39, 0.29) is 7.43 Å². The Balaban J connectivity index is 0.000000175. The number of aryl methyl sites for hydroxylation is 4. The maximum atomic E-state index is 4.52. The largest absolute Gasteiger partial charge is 0.243 e. The van der Waals surface area contributed by atoms with Crippen molar-refractivity contribution in [1.82, 2.24) is 15.0 Å². The Morgan fingerprint density at radius 3 is 1.40 bits per heavy atom. The van der Waals surface area contributed by atoms with Crippen molar-refractivity contribution >= 4 is 56.7 Å². The van der Waals surface area contributed by atoms with E-state index in [0.717, 1.165) is 15.0 Å². The van der Waals surface area contributed by atoms with Crippen LogP contribution in [0.3, 0.4) is 0 Å². The first-order chi connectivity index (χ1) is 14.0. The molecule has 0 radical (unpaired) electrons. The Labute approximate surface area is 197 Å². The number of aromatic nitrogens is 3. The van der Waals surface area contributed by atoms with Crippen LogP contribution in [0, 0.1) is 27.7 Å². The molecule has 0 spiro atoms. The molecule has 0 N–H and O–H groups in total. The lowest BCUT2D eigenvalue weighted by Gasteiger charge is -1.88. The molecule has 5 aromatic rings. The summed E-state index contributed by atoms with van der Waals surface area (Å²) in [5.74, 6) is 0. The van der Waals surface area contributed by atoms with Crippen LogP contribution in [-0.4, -0.2) is 15.0 Å². The van der Waals surface area contributed by atoms with Gasteiger partial charge in [-0.1, -0.05) is 7.43 Å². The zero-order valence-corrected chi connectivity index (χ0v) is 20.5. The molecule has 0 aliphatic heterocycles. The fourth-order valence-electron chi connectivity index (χ4n) is 2.53. The third-order valence-corrected chi connectivity index (χ3v) is 9.20. The van der Waals surface area contributed by atoms with Crippen LogP contribution >= 0.6 is 56.7 Å². The lowest BCUT2D eigenvalue weighted by molar-refractivity contribution is 1.33. The number of hydrogen-bond donors (Lipinski definition) is 0. The molecule has 5 aromatic heterocycles. The normalized spacial score (nSPS) is 10.4. The van der Waals surface area contributed by atoms with Gasteiger partial charge < -0.3 is 0 Å². The minimum absolute atomic E-state index is 0. The molecule has 0 aliphatic carbocycles. The molecule has 156 valence electrons. The Hall–Kier alpha value is -1.71. The van der Waals surface area contributed by atoms with Crippen LogP contribution in [0.25, 0.3) is 29.7 Å². The summed E-state index contributed by atoms with van der Waals surface area (Å²) in [5, 5.41) is 3.19. The first kappa shape index (κ1) is 23.0. The van der Waals surface area contributed by atoms with Gasteiger partial charge in [0.15, 0.2) is 10.0 Å². The SMILES string of the molecule is C.Cc1ccc(-c2cnc(-c3ccc(C)s3)s2)s1.Cc1cnc(-c2ncc(C)s2)s1. The zero-order valence-electron chi connectivity index (χ0n) is 16.4. The van der Waals surface area contributed by atoms with Gasteiger partial charge in [0.1, 0.15) is 5.01 Å². The summed E-state index contributed by atoms with van der Waals surface area (Å²) >= 11 is 8.79. The molecule has 0 saturated carbocycles. The summed E-state index contributed by atoms with van der Waals surface area (Å²) in [4.78, 5) is 22.1. The maximum absolute atomic E-state index is 4.52. The summed E-state index contributed by atoms with van der Waals surface area (Å²) in [6.45, 7) is 8.38. The van der Waals surface area contributed by atoms with E-state index in [2.05, 4.69) is 66.9 Å². The fourth-order valence-corrected chi connectivity index (χ4v) is 6.87. The second kappa shape index (κ2) is 10.1. The van der Waals surface area contributed by atoms with E-state index in [1.54, 1.807) is 45.3 Å². The quantitative estimate of drug-likeness (QED) is 0.254. The smallest absolute Gasteiger partial charge is 0.152 e. The molecule has 0 aromatic carbocycles. The Kier molecular flexibility index (Phi) is 7.70. The molecule has 5 rings (SSSR count). The van der Waals surface area contributed by atoms with Gasteiger partial charge >= 0.3 is 0 Å². The topological polar surface area (TPSA) is 38.7 Å². The van der Waals surface area contributed by atoms with Gasteiger partial charge in [0, 0.05) is 43.0 Å². The predicted octanol–water partition coefficient (Wildman–Crippen LogP) is 8.74. The molecule has 3 nitrogen and oxygen atoms in total. The molecule has 30 heavy (non-hydrogen) atoms. The van der Waals surface area contributed by atoms with Crippen molar-refractivity contribution in [3.8, 4) is 29.7 Å². The van der Waals surface area contributed by atoms with E-state index in [1.165, 1.54) is 34.1 Å². The summed E-state index contributed by atoms with van der Waals surface area (Å²) in [6, 6.07) is 8.64. The van der Waals surface area contributed by atoms with Crippen LogP contribution in [0.2, 0.25) is 0 Å². The monoisotopic (exact) mass is 489 g/mol. The van der Waals surface area contributed by atoms with Crippen molar-refractivity contribution in [3.63, 3.8) is 0 Å². The minimum Gasteiger partial charge on any atom is -0.243 e. The number of hydrogen-bond acceptors (Lipinski definition) is 8. The van der Waals surface area contributed by atoms with Crippen molar-refractivity contribution in [2.24, 2.45) is 0 Å². The Bertz CT molecular complexity index is 1130. The third-order valence-electron chi connectivity index (χ3n) is 3.87. The standard InChI is InChI=1S/C13H11NS3.C8H8N2S2.CH4/c1-8-3-5-10(15-8)12-7-14-13(17-12)11-6-4-9(2)16-11;1-5-3-9-7(11-5)8-10-4-6(2)12-8;/h3-7H,1-2H3;3-4H,1-2H3;1H4. The van der Waals surface area contributed by atoms with E-state index in [1.807, 2.05) is 29.9 Å². The molecule has 0 unspecified atom stereocenters. The van der Waals surface area contributed by atoms with Crippen molar-refractivity contribution in [1.29, 1.82) is 0 Å². The molecule has 0 fully saturated rings. The highest BCUT2D eigenvalue weighted by atomic mass is 32.1. The molecule has 8 heteroatoms. The molecule has 0 saturated heterocycles. The van der Waals surface area contributed by atoms with E-state index in [4.69, 9.17) is 0 Å². The highest BCUT2D eigenvalue weighted by Crippen LogP contribution is 2.37. The molecule has 0 amide bonds. The second-order valence-electron chi connectivity index (χ2n) is 6.40. The highest BCUT2D eigenvalue weighted by Gasteiger charge is 2.09. The van der Waals surface area contributed by atoms with E-state index < -0.39 is 0 Å². The number of nitrogens with zero attached hydrogens (tertiary/aromatic N) is 3. The summed E-state index contributed by atoms with van der Waals surface area (Å²) in [6.07, 6.45) is 5.76. The molecule has 0 atom stereocenters. The predicted molar refractivity (Wildman–Crippen MR) is 138 cm³/mol. The lowest BCUT2D eigenvalue weighted by Crippen LogP contribution is -1.68. The number of thiazole rings is 3. The maximum Gasteiger partial charge on any atom is 0.152 e. The number of rotatable bonds is 3. The van der Waals surface area contributed by atoms with Crippen LogP contribution in [0.1, 0.15) is 26.9 Å². The third kappa shape index (κ3) is 5.50. The summed E-state index contributed by atoms with van der Waals surface area (Å²) < 4.78 is 0. The van der Waals surface area contributed by atoms with Gasteiger partial charge in [-0.3, -0.25) is 0 Å². The highest BCUT2D eigenvalue weighted by molar-refractivity contribution is 7.26. The van der Waals surface area contributed by atoms with Gasteiger partial charge in [0.2, 0.25) is 0 Å². The zero-order chi connectivity index (χ0) is 20.4. The van der Waals surface area contributed by atoms with Crippen LogP contribution in [0.15, 0.2) is 42.9 Å². The van der Waals surface area contributed by atoms with E-state index in [9.17, 15) is 0 Å². The van der Waals surface area contributed by atoms with Crippen molar-refractivity contribution < 1.29 is 0 Å². The molecular weight excluding hydrogens is 467 g/mol. The fraction of sp³-hybridized carbons (Fsp3) is 0.227. The first-order valence-electron chi connectivity index (χ1n) is 8.92. The first-order valence-corrected chi connectivity index (χ1v) is 13.0. The molecular formula is C22H23N3S5. The van der Waals surface area contributed by atoms with Crippen LogP contribution < -0.4 is 0 Å². The Morgan fingerprint density at radius 1 is 0.467 bits per heavy atom. The number of thiophene rings is 2.